The van der Waals surface area contributed by atoms with Crippen molar-refractivity contribution in [1.29, 1.82) is 0 Å². The molecule has 0 radical (unpaired) electrons. The molecule has 0 fully saturated rings. The van der Waals surface area contributed by atoms with Gasteiger partial charge in [-0.05, 0) is 46.4 Å². The lowest BCUT2D eigenvalue weighted by Crippen LogP contribution is -1.97. The first-order valence-electron chi connectivity index (χ1n) is 5.11. The van der Waals surface area contributed by atoms with E-state index in [0.717, 1.165) is 21.2 Å². The van der Waals surface area contributed by atoms with E-state index >= 15 is 0 Å². The number of carbonyl (C=O) groups excluding carboxylic acids is 1. The lowest BCUT2D eigenvalue weighted by Gasteiger charge is -2.08. The second kappa shape index (κ2) is 5.47. The summed E-state index contributed by atoms with van der Waals surface area (Å²) in [6.07, 6.45) is 0.825. The zero-order valence-electron chi connectivity index (χ0n) is 9.27. The molecule has 0 amide bonds. The fourth-order valence-electron chi connectivity index (χ4n) is 1.46. The van der Waals surface area contributed by atoms with Crippen LogP contribution in [0.5, 0.6) is 5.75 Å². The van der Waals surface area contributed by atoms with Crippen molar-refractivity contribution in [1.82, 2.24) is 0 Å². The van der Waals surface area contributed by atoms with Crippen molar-refractivity contribution in [2.45, 2.75) is 13.5 Å². The number of ether oxygens (including phenoxy) is 1. The third kappa shape index (κ3) is 2.96. The molecule has 0 bridgehead atoms. The Morgan fingerprint density at radius 1 is 1.41 bits per heavy atom. The van der Waals surface area contributed by atoms with Crippen LogP contribution in [0, 0.1) is 6.92 Å². The second-order valence-electron chi connectivity index (χ2n) is 3.64. The molecule has 1 aromatic heterocycles. The molecule has 2 nitrogen and oxygen atoms in total. The molecule has 1 heterocycles. The van der Waals surface area contributed by atoms with E-state index in [-0.39, 0.29) is 0 Å². The van der Waals surface area contributed by atoms with Gasteiger partial charge in [-0.15, -0.1) is 11.3 Å². The minimum atomic E-state index is 0.474. The van der Waals surface area contributed by atoms with Gasteiger partial charge in [-0.25, -0.2) is 0 Å². The Hall–Kier alpha value is -1.13. The van der Waals surface area contributed by atoms with Gasteiger partial charge in [-0.1, -0.05) is 11.6 Å². The van der Waals surface area contributed by atoms with Crippen molar-refractivity contribution in [3.63, 3.8) is 0 Å². The Morgan fingerprint density at radius 2 is 2.24 bits per heavy atom. The third-order valence-corrected chi connectivity index (χ3v) is 4.24. The van der Waals surface area contributed by atoms with Crippen LogP contribution in [0.15, 0.2) is 34.1 Å². The number of thiophene rings is 1. The van der Waals surface area contributed by atoms with Crippen molar-refractivity contribution < 1.29 is 9.53 Å². The third-order valence-electron chi connectivity index (χ3n) is 2.34. The Balaban J connectivity index is 2.14. The summed E-state index contributed by atoms with van der Waals surface area (Å²) >= 11 is 5.07. The summed E-state index contributed by atoms with van der Waals surface area (Å²) in [7, 11) is 0. The molecule has 0 saturated heterocycles. The van der Waals surface area contributed by atoms with Crippen molar-refractivity contribution in [2.75, 3.05) is 0 Å². The highest BCUT2D eigenvalue weighted by molar-refractivity contribution is 9.10. The molecule has 0 spiro atoms. The van der Waals surface area contributed by atoms with E-state index in [1.54, 1.807) is 11.3 Å². The largest absolute Gasteiger partial charge is 0.487 e. The summed E-state index contributed by atoms with van der Waals surface area (Å²) in [5.74, 6) is 0.630. The van der Waals surface area contributed by atoms with E-state index in [1.807, 2.05) is 36.6 Å². The number of hydrogen-bond donors (Lipinski definition) is 0. The average Bonchev–Trinajstić information content (AvgIpc) is 2.73. The van der Waals surface area contributed by atoms with Crippen LogP contribution in [0.25, 0.3) is 0 Å². The van der Waals surface area contributed by atoms with Gasteiger partial charge in [0.25, 0.3) is 0 Å². The molecule has 0 unspecified atom stereocenters. The molecule has 0 atom stereocenters. The van der Waals surface area contributed by atoms with Crippen LogP contribution in [0.3, 0.4) is 0 Å². The lowest BCUT2D eigenvalue weighted by atomic mass is 10.1. The van der Waals surface area contributed by atoms with Gasteiger partial charge in [0.15, 0.2) is 6.29 Å². The van der Waals surface area contributed by atoms with E-state index in [1.165, 1.54) is 0 Å². The first kappa shape index (κ1) is 12.3. The highest BCUT2D eigenvalue weighted by Gasteiger charge is 2.06. The lowest BCUT2D eigenvalue weighted by molar-refractivity contribution is 0.111. The predicted octanol–water partition coefficient (Wildman–Crippen LogP) is 4.21. The van der Waals surface area contributed by atoms with Crippen LogP contribution in [0.4, 0.5) is 0 Å². The van der Waals surface area contributed by atoms with Crippen molar-refractivity contribution in [3.8, 4) is 5.75 Å². The van der Waals surface area contributed by atoms with Crippen LogP contribution >= 0.6 is 27.3 Å². The molecule has 2 aromatic rings. The van der Waals surface area contributed by atoms with Gasteiger partial charge in [0, 0.05) is 4.47 Å². The Bertz CT molecular complexity index is 534. The van der Waals surface area contributed by atoms with Gasteiger partial charge in [0.05, 0.1) is 10.4 Å². The Morgan fingerprint density at radius 3 is 2.88 bits per heavy atom. The highest BCUT2D eigenvalue weighted by atomic mass is 79.9. The van der Waals surface area contributed by atoms with E-state index in [0.29, 0.717) is 17.9 Å². The summed E-state index contributed by atoms with van der Waals surface area (Å²) in [6, 6.07) is 7.58. The van der Waals surface area contributed by atoms with Crippen LogP contribution < -0.4 is 4.74 Å². The molecular formula is C13H11BrO2S. The van der Waals surface area contributed by atoms with Crippen molar-refractivity contribution in [3.05, 3.63) is 50.1 Å². The minimum absolute atomic E-state index is 0.474. The number of aryl methyl sites for hydroxylation is 1. The molecule has 88 valence electrons. The molecule has 0 aliphatic carbocycles. The van der Waals surface area contributed by atoms with Crippen LogP contribution in [0.2, 0.25) is 0 Å². The highest BCUT2D eigenvalue weighted by Crippen LogP contribution is 2.25. The second-order valence-corrected chi connectivity index (χ2v) is 5.49. The van der Waals surface area contributed by atoms with Gasteiger partial charge >= 0.3 is 0 Å². The normalized spacial score (nSPS) is 10.2. The van der Waals surface area contributed by atoms with E-state index < -0.39 is 0 Å². The van der Waals surface area contributed by atoms with E-state index in [2.05, 4.69) is 15.9 Å². The fraction of sp³-hybridized carbons (Fsp3) is 0.154. The zero-order valence-corrected chi connectivity index (χ0v) is 11.7. The van der Waals surface area contributed by atoms with Crippen molar-refractivity contribution in [2.24, 2.45) is 0 Å². The molecule has 1 aromatic carbocycles. The maximum Gasteiger partial charge on any atom is 0.153 e. The summed E-state index contributed by atoms with van der Waals surface area (Å²) in [4.78, 5) is 12.0. The number of rotatable bonds is 4. The summed E-state index contributed by atoms with van der Waals surface area (Å²) in [5, 5.41) is 2.00. The van der Waals surface area contributed by atoms with Gasteiger partial charge in [0.2, 0.25) is 0 Å². The average molecular weight is 311 g/mol. The smallest absolute Gasteiger partial charge is 0.153 e. The van der Waals surface area contributed by atoms with Crippen LogP contribution in [-0.2, 0) is 6.61 Å². The molecular weight excluding hydrogens is 300 g/mol. The van der Waals surface area contributed by atoms with E-state index in [4.69, 9.17) is 4.74 Å². The first-order valence-corrected chi connectivity index (χ1v) is 6.78. The molecule has 0 aliphatic rings. The summed E-state index contributed by atoms with van der Waals surface area (Å²) < 4.78 is 6.70. The SMILES string of the molecule is Cc1ccc(OCc2sccc2Br)c(C=O)c1. The maximum atomic E-state index is 10.9. The van der Waals surface area contributed by atoms with Gasteiger partial charge < -0.3 is 4.74 Å². The van der Waals surface area contributed by atoms with Crippen molar-refractivity contribution >= 4 is 33.6 Å². The van der Waals surface area contributed by atoms with Crippen LogP contribution in [-0.4, -0.2) is 6.29 Å². The fourth-order valence-corrected chi connectivity index (χ4v) is 2.84. The topological polar surface area (TPSA) is 26.3 Å². The van der Waals surface area contributed by atoms with E-state index in [9.17, 15) is 4.79 Å². The molecule has 2 rings (SSSR count). The number of aldehydes is 1. The number of benzene rings is 1. The Kier molecular flexibility index (Phi) is 3.97. The maximum absolute atomic E-state index is 10.9. The van der Waals surface area contributed by atoms with Gasteiger partial charge in [-0.2, -0.15) is 0 Å². The Labute approximate surface area is 112 Å². The summed E-state index contributed by atoms with van der Waals surface area (Å²) in [6.45, 7) is 2.43. The quantitative estimate of drug-likeness (QED) is 0.791. The molecule has 0 N–H and O–H groups in total. The van der Waals surface area contributed by atoms with Gasteiger partial charge in [-0.3, -0.25) is 4.79 Å². The number of halogens is 1. The monoisotopic (exact) mass is 310 g/mol. The molecule has 17 heavy (non-hydrogen) atoms. The number of carbonyl (C=O) groups is 1. The minimum Gasteiger partial charge on any atom is -0.487 e. The molecule has 0 saturated carbocycles. The molecule has 0 aliphatic heterocycles. The molecule has 4 heteroatoms. The number of hydrogen-bond acceptors (Lipinski definition) is 3. The predicted molar refractivity (Wildman–Crippen MR) is 72.9 cm³/mol. The standard InChI is InChI=1S/C13H11BrO2S/c1-9-2-3-12(10(6-9)7-15)16-8-13-11(14)4-5-17-13/h2-7H,8H2,1H3. The van der Waals surface area contributed by atoms with Crippen LogP contribution in [0.1, 0.15) is 20.8 Å². The zero-order chi connectivity index (χ0) is 12.3. The first-order chi connectivity index (χ1) is 8.20. The summed E-state index contributed by atoms with van der Waals surface area (Å²) in [5.41, 5.74) is 1.65. The van der Waals surface area contributed by atoms with Gasteiger partial charge in [0.1, 0.15) is 12.4 Å².